The van der Waals surface area contributed by atoms with Gasteiger partial charge in [-0.15, -0.1) is 0 Å². The summed E-state index contributed by atoms with van der Waals surface area (Å²) in [5.41, 5.74) is 1.29. The Morgan fingerprint density at radius 1 is 1.32 bits per heavy atom. The molecule has 1 saturated heterocycles. The molecule has 0 N–H and O–H groups in total. The highest BCUT2D eigenvalue weighted by molar-refractivity contribution is 5.73. The zero-order valence-electron chi connectivity index (χ0n) is 11.9. The number of imidazole rings is 1. The van der Waals surface area contributed by atoms with Gasteiger partial charge in [0.15, 0.2) is 0 Å². The van der Waals surface area contributed by atoms with Crippen LogP contribution >= 0.6 is 0 Å². The third-order valence-corrected chi connectivity index (χ3v) is 4.53. The molecule has 4 heteroatoms. The Labute approximate surface area is 114 Å². The Morgan fingerprint density at radius 2 is 2.00 bits per heavy atom. The molecule has 0 spiro atoms. The van der Waals surface area contributed by atoms with Crippen molar-refractivity contribution in [2.24, 2.45) is 5.92 Å². The van der Waals surface area contributed by atoms with Crippen molar-refractivity contribution in [1.29, 1.82) is 0 Å². The topological polar surface area (TPSA) is 38.1 Å². The van der Waals surface area contributed by atoms with Crippen LogP contribution in [0.1, 0.15) is 50.0 Å². The highest BCUT2D eigenvalue weighted by Gasteiger charge is 2.30. The quantitative estimate of drug-likeness (QED) is 0.837. The summed E-state index contributed by atoms with van der Waals surface area (Å²) in [5, 5.41) is 0. The van der Waals surface area contributed by atoms with Crippen LogP contribution in [0.2, 0.25) is 0 Å². The molecule has 0 radical (unpaired) electrons. The molecule has 2 heterocycles. The first-order valence-corrected chi connectivity index (χ1v) is 7.42. The molecule has 1 aliphatic heterocycles. The van der Waals surface area contributed by atoms with Gasteiger partial charge in [-0.05, 0) is 38.5 Å². The molecule has 0 atom stereocenters. The lowest BCUT2D eigenvalue weighted by Gasteiger charge is -2.32. The smallest absolute Gasteiger partial charge is 0.219 e. The zero-order chi connectivity index (χ0) is 13.4. The Morgan fingerprint density at radius 3 is 2.58 bits per heavy atom. The van der Waals surface area contributed by atoms with Crippen LogP contribution in [0.3, 0.4) is 0 Å². The molecule has 1 saturated carbocycles. The van der Waals surface area contributed by atoms with Crippen molar-refractivity contribution in [3.8, 4) is 0 Å². The minimum Gasteiger partial charge on any atom is -0.343 e. The van der Waals surface area contributed by atoms with Crippen molar-refractivity contribution in [2.45, 2.75) is 52.0 Å². The first-order valence-electron chi connectivity index (χ1n) is 7.42. The fourth-order valence-corrected chi connectivity index (χ4v) is 3.07. The maximum atomic E-state index is 11.3. The number of hydrogen-bond acceptors (Lipinski definition) is 2. The molecule has 0 aromatic carbocycles. The number of carbonyl (C=O) groups is 1. The van der Waals surface area contributed by atoms with Crippen LogP contribution in [0.15, 0.2) is 6.20 Å². The van der Waals surface area contributed by atoms with E-state index in [0.717, 1.165) is 32.5 Å². The molecule has 4 nitrogen and oxygen atoms in total. The molecule has 1 amide bonds. The molecular weight excluding hydrogens is 238 g/mol. The third-order valence-electron chi connectivity index (χ3n) is 4.53. The van der Waals surface area contributed by atoms with Crippen LogP contribution in [0.4, 0.5) is 0 Å². The molecule has 0 unspecified atom stereocenters. The Hall–Kier alpha value is -1.32. The predicted molar refractivity (Wildman–Crippen MR) is 73.9 cm³/mol. The van der Waals surface area contributed by atoms with E-state index >= 15 is 0 Å². The number of aromatic nitrogens is 2. The van der Waals surface area contributed by atoms with Gasteiger partial charge in [0.2, 0.25) is 5.91 Å². The van der Waals surface area contributed by atoms with E-state index in [1.54, 1.807) is 6.92 Å². The highest BCUT2D eigenvalue weighted by Crippen LogP contribution is 2.40. The molecular formula is C15H23N3O. The van der Waals surface area contributed by atoms with Crippen molar-refractivity contribution < 1.29 is 4.79 Å². The monoisotopic (exact) mass is 261 g/mol. The number of piperidine rings is 1. The fraction of sp³-hybridized carbons (Fsp3) is 0.733. The van der Waals surface area contributed by atoms with Gasteiger partial charge in [-0.2, -0.15) is 0 Å². The van der Waals surface area contributed by atoms with Gasteiger partial charge in [0.05, 0.1) is 0 Å². The van der Waals surface area contributed by atoms with Gasteiger partial charge in [-0.3, -0.25) is 4.79 Å². The van der Waals surface area contributed by atoms with E-state index in [2.05, 4.69) is 16.5 Å². The molecule has 2 aliphatic rings. The van der Waals surface area contributed by atoms with Crippen molar-refractivity contribution in [2.75, 3.05) is 13.1 Å². The van der Waals surface area contributed by atoms with E-state index in [1.165, 1.54) is 24.4 Å². The van der Waals surface area contributed by atoms with Crippen LogP contribution in [-0.2, 0) is 11.3 Å². The second kappa shape index (κ2) is 4.99. The number of likely N-dealkylation sites (tertiary alicyclic amines) is 1. The minimum atomic E-state index is 0.218. The van der Waals surface area contributed by atoms with E-state index < -0.39 is 0 Å². The Kier molecular flexibility index (Phi) is 3.33. The molecule has 3 rings (SSSR count). The van der Waals surface area contributed by atoms with Gasteiger partial charge < -0.3 is 9.47 Å². The number of hydrogen-bond donors (Lipinski definition) is 0. The Bertz CT molecular complexity index is 468. The van der Waals surface area contributed by atoms with E-state index in [1.807, 2.05) is 11.1 Å². The standard InChI is InChI=1S/C15H23N3O/c1-11-9-16-15(14-3-4-14)18(11)10-13-5-7-17(8-6-13)12(2)19/h9,13-14H,3-8,10H2,1-2H3. The summed E-state index contributed by atoms with van der Waals surface area (Å²) in [4.78, 5) is 17.9. The van der Waals surface area contributed by atoms with E-state index in [4.69, 9.17) is 0 Å². The SMILES string of the molecule is CC(=O)N1CCC(Cn2c(C)cnc2C2CC2)CC1. The normalized spacial score (nSPS) is 20.8. The molecule has 1 aliphatic carbocycles. The minimum absolute atomic E-state index is 0.218. The lowest BCUT2D eigenvalue weighted by atomic mass is 9.96. The maximum absolute atomic E-state index is 11.3. The van der Waals surface area contributed by atoms with Gasteiger partial charge in [-0.1, -0.05) is 0 Å². The number of amides is 1. The summed E-state index contributed by atoms with van der Waals surface area (Å²) in [5.74, 6) is 2.93. The zero-order valence-corrected chi connectivity index (χ0v) is 11.9. The number of nitrogens with zero attached hydrogens (tertiary/aromatic N) is 3. The predicted octanol–water partition coefficient (Wildman–Crippen LogP) is 2.33. The largest absolute Gasteiger partial charge is 0.343 e. The van der Waals surface area contributed by atoms with Crippen molar-refractivity contribution in [3.63, 3.8) is 0 Å². The van der Waals surface area contributed by atoms with Crippen LogP contribution in [0.5, 0.6) is 0 Å². The molecule has 0 bridgehead atoms. The molecule has 2 fully saturated rings. The molecule has 1 aromatic rings. The first kappa shape index (κ1) is 12.7. The van der Waals surface area contributed by atoms with Crippen LogP contribution in [0, 0.1) is 12.8 Å². The number of rotatable bonds is 3. The molecule has 104 valence electrons. The van der Waals surface area contributed by atoms with Crippen molar-refractivity contribution in [3.05, 3.63) is 17.7 Å². The van der Waals surface area contributed by atoms with Gasteiger partial charge in [0.1, 0.15) is 5.82 Å². The van der Waals surface area contributed by atoms with Crippen LogP contribution in [0.25, 0.3) is 0 Å². The maximum Gasteiger partial charge on any atom is 0.219 e. The summed E-state index contributed by atoms with van der Waals surface area (Å²) >= 11 is 0. The molecule has 19 heavy (non-hydrogen) atoms. The second-order valence-corrected chi connectivity index (χ2v) is 6.09. The fourth-order valence-electron chi connectivity index (χ4n) is 3.07. The van der Waals surface area contributed by atoms with Crippen LogP contribution < -0.4 is 0 Å². The average Bonchev–Trinajstić information content (AvgIpc) is 3.17. The lowest BCUT2D eigenvalue weighted by molar-refractivity contribution is -0.130. The summed E-state index contributed by atoms with van der Waals surface area (Å²) in [7, 11) is 0. The van der Waals surface area contributed by atoms with Gasteiger partial charge >= 0.3 is 0 Å². The summed E-state index contributed by atoms with van der Waals surface area (Å²) in [6.45, 7) is 6.76. The summed E-state index contributed by atoms with van der Waals surface area (Å²) in [6.07, 6.45) is 6.87. The molecule has 1 aromatic heterocycles. The summed E-state index contributed by atoms with van der Waals surface area (Å²) in [6, 6.07) is 0. The lowest BCUT2D eigenvalue weighted by Crippen LogP contribution is -2.38. The second-order valence-electron chi connectivity index (χ2n) is 6.09. The van der Waals surface area contributed by atoms with E-state index in [-0.39, 0.29) is 5.91 Å². The number of aryl methyl sites for hydroxylation is 1. The van der Waals surface area contributed by atoms with Gasteiger partial charge in [-0.25, -0.2) is 4.98 Å². The van der Waals surface area contributed by atoms with E-state index in [9.17, 15) is 4.79 Å². The third kappa shape index (κ3) is 2.67. The summed E-state index contributed by atoms with van der Waals surface area (Å²) < 4.78 is 2.42. The number of carbonyl (C=O) groups excluding carboxylic acids is 1. The van der Waals surface area contributed by atoms with Crippen molar-refractivity contribution in [1.82, 2.24) is 14.5 Å². The van der Waals surface area contributed by atoms with Crippen molar-refractivity contribution >= 4 is 5.91 Å². The van der Waals surface area contributed by atoms with Gasteiger partial charge in [0, 0.05) is 44.4 Å². The van der Waals surface area contributed by atoms with E-state index in [0.29, 0.717) is 11.8 Å². The van der Waals surface area contributed by atoms with Gasteiger partial charge in [0.25, 0.3) is 0 Å². The van der Waals surface area contributed by atoms with Crippen LogP contribution in [-0.4, -0.2) is 33.4 Å². The highest BCUT2D eigenvalue weighted by atomic mass is 16.2. The average molecular weight is 261 g/mol. The first-order chi connectivity index (χ1) is 9.15. The Balaban J connectivity index is 1.63.